The molecule has 0 saturated carbocycles. The van der Waals surface area contributed by atoms with Crippen LogP contribution in [0.25, 0.3) is 11.1 Å². The molecule has 144 valence electrons. The minimum Gasteiger partial charge on any atom is -0.312 e. The summed E-state index contributed by atoms with van der Waals surface area (Å²) in [5.41, 5.74) is 6.49. The van der Waals surface area contributed by atoms with Crippen molar-refractivity contribution in [1.29, 1.82) is 0 Å². The summed E-state index contributed by atoms with van der Waals surface area (Å²) in [7, 11) is 0. The van der Waals surface area contributed by atoms with E-state index in [1.807, 2.05) is 4.68 Å². The summed E-state index contributed by atoms with van der Waals surface area (Å²) < 4.78 is 1.98. The third kappa shape index (κ3) is 3.73. The fourth-order valence-electron chi connectivity index (χ4n) is 4.50. The quantitative estimate of drug-likeness (QED) is 0.695. The number of aryl methyl sites for hydroxylation is 1. The molecular weight excluding hydrogens is 346 g/mol. The SMILES string of the molecule is c1ccc(-c2ccc3c(c2)C(NCc2cn(C[C@@H]4CCCN4)nn2)CC3)cc1. The number of nitrogens with zero attached hydrogens (tertiary/aromatic N) is 3. The molecule has 0 radical (unpaired) electrons. The van der Waals surface area contributed by atoms with Gasteiger partial charge in [0.15, 0.2) is 0 Å². The first-order valence-electron chi connectivity index (χ1n) is 10.4. The Kier molecular flexibility index (Phi) is 4.93. The van der Waals surface area contributed by atoms with Crippen molar-refractivity contribution in [1.82, 2.24) is 25.6 Å². The summed E-state index contributed by atoms with van der Waals surface area (Å²) in [6, 6.07) is 18.5. The van der Waals surface area contributed by atoms with Crippen LogP contribution in [0.4, 0.5) is 0 Å². The Morgan fingerprint density at radius 2 is 2.00 bits per heavy atom. The molecule has 3 aromatic rings. The van der Waals surface area contributed by atoms with Crippen LogP contribution in [-0.2, 0) is 19.5 Å². The van der Waals surface area contributed by atoms with Crippen molar-refractivity contribution in [2.24, 2.45) is 0 Å². The van der Waals surface area contributed by atoms with E-state index in [-0.39, 0.29) is 0 Å². The highest BCUT2D eigenvalue weighted by Crippen LogP contribution is 2.34. The number of aromatic nitrogens is 3. The number of fused-ring (bicyclic) bond motifs is 1. The molecule has 5 nitrogen and oxygen atoms in total. The van der Waals surface area contributed by atoms with Crippen LogP contribution in [-0.4, -0.2) is 27.6 Å². The Morgan fingerprint density at radius 1 is 1.07 bits per heavy atom. The fraction of sp³-hybridized carbons (Fsp3) is 0.391. The van der Waals surface area contributed by atoms with Gasteiger partial charge in [0, 0.05) is 24.8 Å². The second-order valence-corrected chi connectivity index (χ2v) is 7.98. The molecule has 1 aromatic heterocycles. The maximum absolute atomic E-state index is 4.36. The number of benzene rings is 2. The molecule has 28 heavy (non-hydrogen) atoms. The van der Waals surface area contributed by atoms with E-state index in [0.29, 0.717) is 12.1 Å². The predicted octanol–water partition coefficient (Wildman–Crippen LogP) is 3.47. The average molecular weight is 374 g/mol. The fourth-order valence-corrected chi connectivity index (χ4v) is 4.50. The molecule has 5 heteroatoms. The van der Waals surface area contributed by atoms with E-state index >= 15 is 0 Å². The lowest BCUT2D eigenvalue weighted by Crippen LogP contribution is -2.26. The van der Waals surface area contributed by atoms with E-state index in [2.05, 4.69) is 75.7 Å². The van der Waals surface area contributed by atoms with Crippen molar-refractivity contribution in [2.45, 2.75) is 50.9 Å². The van der Waals surface area contributed by atoms with Crippen LogP contribution in [0.2, 0.25) is 0 Å². The van der Waals surface area contributed by atoms with Crippen molar-refractivity contribution in [2.75, 3.05) is 6.54 Å². The van der Waals surface area contributed by atoms with Gasteiger partial charge in [-0.1, -0.05) is 47.7 Å². The van der Waals surface area contributed by atoms with Crippen LogP contribution >= 0.6 is 0 Å². The van der Waals surface area contributed by atoms with Gasteiger partial charge in [-0.25, -0.2) is 0 Å². The van der Waals surface area contributed by atoms with Gasteiger partial charge in [0.05, 0.1) is 12.2 Å². The van der Waals surface area contributed by atoms with Crippen molar-refractivity contribution in [3.63, 3.8) is 0 Å². The van der Waals surface area contributed by atoms with Gasteiger partial charge in [-0.3, -0.25) is 4.68 Å². The first-order valence-corrected chi connectivity index (χ1v) is 10.4. The number of hydrogen-bond donors (Lipinski definition) is 2. The highest BCUT2D eigenvalue weighted by molar-refractivity contribution is 5.65. The van der Waals surface area contributed by atoms with E-state index in [0.717, 1.165) is 38.2 Å². The van der Waals surface area contributed by atoms with Crippen molar-refractivity contribution in [3.05, 3.63) is 71.5 Å². The minimum atomic E-state index is 0.389. The monoisotopic (exact) mass is 373 g/mol. The average Bonchev–Trinajstić information content (AvgIpc) is 3.48. The zero-order valence-electron chi connectivity index (χ0n) is 16.1. The van der Waals surface area contributed by atoms with Crippen molar-refractivity contribution >= 4 is 0 Å². The molecule has 0 bridgehead atoms. The molecule has 2 aromatic carbocycles. The topological polar surface area (TPSA) is 54.8 Å². The summed E-state index contributed by atoms with van der Waals surface area (Å²) in [6.45, 7) is 2.80. The van der Waals surface area contributed by atoms with Crippen LogP contribution in [0.15, 0.2) is 54.7 Å². The molecule has 1 saturated heterocycles. The summed E-state index contributed by atoms with van der Waals surface area (Å²) in [6.07, 6.45) is 6.87. The van der Waals surface area contributed by atoms with E-state index < -0.39 is 0 Å². The maximum Gasteiger partial charge on any atom is 0.0965 e. The molecule has 5 rings (SSSR count). The Morgan fingerprint density at radius 3 is 2.86 bits per heavy atom. The zero-order valence-corrected chi connectivity index (χ0v) is 16.1. The Balaban J connectivity index is 1.25. The Labute approximate surface area is 166 Å². The molecule has 0 amide bonds. The number of rotatable bonds is 6. The third-order valence-electron chi connectivity index (χ3n) is 6.02. The van der Waals surface area contributed by atoms with Gasteiger partial charge in [0.1, 0.15) is 0 Å². The minimum absolute atomic E-state index is 0.389. The highest BCUT2D eigenvalue weighted by Gasteiger charge is 2.23. The molecule has 2 atom stereocenters. The van der Waals surface area contributed by atoms with Gasteiger partial charge in [-0.2, -0.15) is 0 Å². The predicted molar refractivity (Wildman–Crippen MR) is 111 cm³/mol. The van der Waals surface area contributed by atoms with Gasteiger partial charge in [-0.05, 0) is 60.5 Å². The first-order chi connectivity index (χ1) is 13.8. The molecular formula is C23H27N5. The van der Waals surface area contributed by atoms with Crippen LogP contribution in [0.5, 0.6) is 0 Å². The molecule has 1 aliphatic heterocycles. The van der Waals surface area contributed by atoms with Gasteiger partial charge in [0.25, 0.3) is 0 Å². The van der Waals surface area contributed by atoms with Gasteiger partial charge in [-0.15, -0.1) is 5.10 Å². The van der Waals surface area contributed by atoms with Crippen LogP contribution in [0, 0.1) is 0 Å². The summed E-state index contributed by atoms with van der Waals surface area (Å²) >= 11 is 0. The standard InChI is InChI=1S/C23H27N5/c1-2-5-17(6-3-1)19-9-8-18-10-11-23(22(18)13-19)25-14-21-16-28(27-26-21)15-20-7-4-12-24-20/h1-3,5-6,8-9,13,16,20,23-25H,4,7,10-12,14-15H2/t20-,23?/m0/s1. The van der Waals surface area contributed by atoms with Crippen molar-refractivity contribution in [3.8, 4) is 11.1 Å². The molecule has 2 N–H and O–H groups in total. The number of nitrogens with one attached hydrogen (secondary N) is 2. The second-order valence-electron chi connectivity index (χ2n) is 7.98. The third-order valence-corrected chi connectivity index (χ3v) is 6.02. The summed E-state index contributed by atoms with van der Waals surface area (Å²) in [5.74, 6) is 0. The Bertz CT molecular complexity index is 927. The molecule has 1 unspecified atom stereocenters. The van der Waals surface area contributed by atoms with E-state index in [1.165, 1.54) is 35.1 Å². The van der Waals surface area contributed by atoms with Gasteiger partial charge < -0.3 is 10.6 Å². The van der Waals surface area contributed by atoms with Crippen LogP contribution in [0.1, 0.15) is 42.1 Å². The lowest BCUT2D eigenvalue weighted by Gasteiger charge is -2.14. The van der Waals surface area contributed by atoms with Crippen LogP contribution < -0.4 is 10.6 Å². The van der Waals surface area contributed by atoms with Crippen molar-refractivity contribution < 1.29 is 0 Å². The summed E-state index contributed by atoms with van der Waals surface area (Å²) in [5, 5.41) is 15.9. The smallest absolute Gasteiger partial charge is 0.0965 e. The largest absolute Gasteiger partial charge is 0.312 e. The summed E-state index contributed by atoms with van der Waals surface area (Å²) in [4.78, 5) is 0. The lowest BCUT2D eigenvalue weighted by atomic mass is 9.99. The Hall–Kier alpha value is -2.50. The molecule has 0 spiro atoms. The first kappa shape index (κ1) is 17.6. The molecule has 1 fully saturated rings. The van der Waals surface area contributed by atoms with Crippen LogP contribution in [0.3, 0.4) is 0 Å². The van der Waals surface area contributed by atoms with E-state index in [4.69, 9.17) is 0 Å². The maximum atomic E-state index is 4.36. The molecule has 1 aliphatic carbocycles. The highest BCUT2D eigenvalue weighted by atomic mass is 15.4. The second kappa shape index (κ2) is 7.86. The molecule has 2 aliphatic rings. The normalized spacial score (nSPS) is 21.1. The van der Waals surface area contributed by atoms with Gasteiger partial charge >= 0.3 is 0 Å². The molecule has 2 heterocycles. The number of hydrogen-bond acceptors (Lipinski definition) is 4. The van der Waals surface area contributed by atoms with Gasteiger partial charge in [0.2, 0.25) is 0 Å². The van der Waals surface area contributed by atoms with E-state index in [9.17, 15) is 0 Å². The van der Waals surface area contributed by atoms with E-state index in [1.54, 1.807) is 0 Å². The lowest BCUT2D eigenvalue weighted by molar-refractivity contribution is 0.466. The zero-order chi connectivity index (χ0) is 18.8.